The molecule has 2 bridgehead atoms. The molecular formula is C15H20N2O4. The van der Waals surface area contributed by atoms with Crippen molar-refractivity contribution in [3.8, 4) is 0 Å². The van der Waals surface area contributed by atoms with Crippen LogP contribution >= 0.6 is 0 Å². The molecule has 2 N–H and O–H groups in total. The molecule has 1 saturated heterocycles. The van der Waals surface area contributed by atoms with Crippen molar-refractivity contribution >= 4 is 11.9 Å². The molecule has 0 radical (unpaired) electrons. The maximum Gasteiger partial charge on any atom is 0.317 e. The first-order valence-corrected chi connectivity index (χ1v) is 7.37. The van der Waals surface area contributed by atoms with E-state index in [2.05, 4.69) is 5.32 Å². The Labute approximate surface area is 123 Å². The smallest absolute Gasteiger partial charge is 0.317 e. The van der Waals surface area contributed by atoms with Crippen LogP contribution in [0.1, 0.15) is 18.6 Å². The third kappa shape index (κ3) is 3.10. The zero-order valence-electron chi connectivity index (χ0n) is 11.8. The number of aliphatic carboxylic acids is 1. The number of carboxylic acid groups (broad SMARTS) is 1. The summed E-state index contributed by atoms with van der Waals surface area (Å²) in [4.78, 5) is 25.2. The second-order valence-corrected chi connectivity index (χ2v) is 6.01. The van der Waals surface area contributed by atoms with E-state index < -0.39 is 5.97 Å². The van der Waals surface area contributed by atoms with Crippen molar-refractivity contribution in [2.24, 2.45) is 17.8 Å². The number of carbonyl (C=O) groups is 2. The number of rotatable bonds is 5. The Kier molecular flexibility index (Phi) is 3.96. The minimum absolute atomic E-state index is 0.0185. The second-order valence-electron chi connectivity index (χ2n) is 6.01. The highest BCUT2D eigenvalue weighted by molar-refractivity contribution is 5.80. The van der Waals surface area contributed by atoms with Crippen LogP contribution in [0.25, 0.3) is 0 Å². The minimum atomic E-state index is -0.796. The van der Waals surface area contributed by atoms with Gasteiger partial charge in [-0.2, -0.15) is 0 Å². The monoisotopic (exact) mass is 292 g/mol. The Balaban J connectivity index is 1.57. The Hall–Kier alpha value is -1.82. The maximum atomic E-state index is 12.4. The SMILES string of the molecule is O=C(O)CN1C[C@H]2CC[C@@H](C1)C2C(=O)NCc1ccco1. The summed E-state index contributed by atoms with van der Waals surface area (Å²) >= 11 is 0. The van der Waals surface area contributed by atoms with Gasteiger partial charge < -0.3 is 14.8 Å². The van der Waals surface area contributed by atoms with Gasteiger partial charge in [-0.3, -0.25) is 14.5 Å². The predicted octanol–water partition coefficient (Wildman–Crippen LogP) is 0.938. The number of hydrogen-bond acceptors (Lipinski definition) is 4. The van der Waals surface area contributed by atoms with E-state index in [4.69, 9.17) is 9.52 Å². The first-order valence-electron chi connectivity index (χ1n) is 7.37. The van der Waals surface area contributed by atoms with E-state index >= 15 is 0 Å². The largest absolute Gasteiger partial charge is 0.480 e. The quantitative estimate of drug-likeness (QED) is 0.844. The van der Waals surface area contributed by atoms with E-state index in [0.717, 1.165) is 18.6 Å². The number of hydrogen-bond donors (Lipinski definition) is 2. The van der Waals surface area contributed by atoms with Crippen molar-refractivity contribution in [1.29, 1.82) is 0 Å². The fraction of sp³-hybridized carbons (Fsp3) is 0.600. The lowest BCUT2D eigenvalue weighted by Gasteiger charge is -2.36. The molecule has 2 aliphatic rings. The van der Waals surface area contributed by atoms with Gasteiger partial charge in [-0.1, -0.05) is 0 Å². The lowest BCUT2D eigenvalue weighted by atomic mass is 9.84. The van der Waals surface area contributed by atoms with Gasteiger partial charge in [0.1, 0.15) is 5.76 Å². The zero-order valence-corrected chi connectivity index (χ0v) is 11.8. The van der Waals surface area contributed by atoms with Crippen molar-refractivity contribution in [1.82, 2.24) is 10.2 Å². The molecule has 3 rings (SSSR count). The number of fused-ring (bicyclic) bond motifs is 2. The van der Waals surface area contributed by atoms with E-state index in [-0.39, 0.29) is 30.2 Å². The number of nitrogens with one attached hydrogen (secondary N) is 1. The first-order chi connectivity index (χ1) is 10.1. The molecule has 21 heavy (non-hydrogen) atoms. The average Bonchev–Trinajstić information content (AvgIpc) is 3.02. The highest BCUT2D eigenvalue weighted by Crippen LogP contribution is 2.41. The summed E-state index contributed by atoms with van der Waals surface area (Å²) in [5.74, 6) is 0.604. The van der Waals surface area contributed by atoms with Crippen LogP contribution in [0.3, 0.4) is 0 Å². The van der Waals surface area contributed by atoms with Crippen LogP contribution < -0.4 is 5.32 Å². The van der Waals surface area contributed by atoms with Crippen LogP contribution in [0.2, 0.25) is 0 Å². The maximum absolute atomic E-state index is 12.4. The van der Waals surface area contributed by atoms with Gasteiger partial charge in [0.15, 0.2) is 0 Å². The van der Waals surface area contributed by atoms with Crippen LogP contribution in [-0.4, -0.2) is 41.5 Å². The van der Waals surface area contributed by atoms with Crippen molar-refractivity contribution in [2.45, 2.75) is 19.4 Å². The van der Waals surface area contributed by atoms with Gasteiger partial charge in [-0.05, 0) is 36.8 Å². The van der Waals surface area contributed by atoms with E-state index in [1.807, 2.05) is 11.0 Å². The molecule has 2 heterocycles. The first kappa shape index (κ1) is 14.1. The summed E-state index contributed by atoms with van der Waals surface area (Å²) in [6, 6.07) is 3.64. The van der Waals surface area contributed by atoms with Crippen molar-refractivity contribution in [3.63, 3.8) is 0 Å². The topological polar surface area (TPSA) is 82.8 Å². The van der Waals surface area contributed by atoms with Gasteiger partial charge in [0.2, 0.25) is 5.91 Å². The third-order valence-corrected chi connectivity index (χ3v) is 4.59. The molecule has 1 aromatic rings. The molecule has 2 fully saturated rings. The third-order valence-electron chi connectivity index (χ3n) is 4.59. The molecular weight excluding hydrogens is 272 g/mol. The number of nitrogens with zero attached hydrogens (tertiary/aromatic N) is 1. The summed E-state index contributed by atoms with van der Waals surface area (Å²) < 4.78 is 5.21. The summed E-state index contributed by atoms with van der Waals surface area (Å²) in [6.07, 6.45) is 3.62. The standard InChI is InChI=1S/C15H20N2O4/c18-13(19)9-17-7-10-3-4-11(8-17)14(10)15(20)16-6-12-2-1-5-21-12/h1-2,5,10-11,14H,3-4,6-9H2,(H,16,20)(H,18,19)/t10-,11+,14?. The summed E-state index contributed by atoms with van der Waals surface area (Å²) in [5, 5.41) is 11.8. The van der Waals surface area contributed by atoms with E-state index in [0.29, 0.717) is 19.6 Å². The molecule has 0 spiro atoms. The van der Waals surface area contributed by atoms with Gasteiger partial charge in [0.25, 0.3) is 0 Å². The Bertz CT molecular complexity index is 500. The van der Waals surface area contributed by atoms with Gasteiger partial charge in [0, 0.05) is 19.0 Å². The van der Waals surface area contributed by atoms with Gasteiger partial charge in [-0.15, -0.1) is 0 Å². The Morgan fingerprint density at radius 2 is 2.05 bits per heavy atom. The fourth-order valence-electron chi connectivity index (χ4n) is 3.77. The number of carboxylic acids is 1. The summed E-state index contributed by atoms with van der Waals surface area (Å²) in [7, 11) is 0. The van der Waals surface area contributed by atoms with E-state index in [9.17, 15) is 9.59 Å². The molecule has 6 heteroatoms. The molecule has 1 aromatic heterocycles. The van der Waals surface area contributed by atoms with E-state index in [1.54, 1.807) is 12.3 Å². The van der Waals surface area contributed by atoms with E-state index in [1.165, 1.54) is 0 Å². The van der Waals surface area contributed by atoms with Crippen LogP contribution in [0.5, 0.6) is 0 Å². The van der Waals surface area contributed by atoms with Crippen LogP contribution in [0.4, 0.5) is 0 Å². The normalized spacial score (nSPS) is 28.5. The molecule has 0 aromatic carbocycles. The summed E-state index contributed by atoms with van der Waals surface area (Å²) in [6.45, 7) is 1.91. The number of carbonyl (C=O) groups excluding carboxylic acids is 1. The molecule has 1 unspecified atom stereocenters. The molecule has 1 saturated carbocycles. The molecule has 1 aliphatic carbocycles. The molecule has 1 aliphatic heterocycles. The van der Waals surface area contributed by atoms with Gasteiger partial charge in [-0.25, -0.2) is 0 Å². The highest BCUT2D eigenvalue weighted by Gasteiger charge is 2.45. The van der Waals surface area contributed by atoms with Crippen molar-refractivity contribution < 1.29 is 19.1 Å². The minimum Gasteiger partial charge on any atom is -0.480 e. The lowest BCUT2D eigenvalue weighted by Crippen LogP contribution is -2.49. The molecule has 6 nitrogen and oxygen atoms in total. The number of piperidine rings is 1. The van der Waals surface area contributed by atoms with Crippen LogP contribution in [0, 0.1) is 17.8 Å². The summed E-state index contributed by atoms with van der Waals surface area (Å²) in [5.41, 5.74) is 0. The highest BCUT2D eigenvalue weighted by atomic mass is 16.4. The fourth-order valence-corrected chi connectivity index (χ4v) is 3.77. The number of amides is 1. The molecule has 3 atom stereocenters. The van der Waals surface area contributed by atoms with Crippen LogP contribution in [-0.2, 0) is 16.1 Å². The molecule has 114 valence electrons. The zero-order chi connectivity index (χ0) is 14.8. The second kappa shape index (κ2) is 5.89. The Morgan fingerprint density at radius 1 is 1.33 bits per heavy atom. The van der Waals surface area contributed by atoms with Crippen molar-refractivity contribution in [2.75, 3.05) is 19.6 Å². The predicted molar refractivity (Wildman–Crippen MR) is 74.3 cm³/mol. The number of furan rings is 1. The van der Waals surface area contributed by atoms with Crippen molar-refractivity contribution in [3.05, 3.63) is 24.2 Å². The lowest BCUT2D eigenvalue weighted by molar-refractivity contribution is -0.139. The number of likely N-dealkylation sites (tertiary alicyclic amines) is 1. The molecule has 1 amide bonds. The van der Waals surface area contributed by atoms with Gasteiger partial charge in [0.05, 0.1) is 19.4 Å². The van der Waals surface area contributed by atoms with Crippen LogP contribution in [0.15, 0.2) is 22.8 Å². The average molecular weight is 292 g/mol. The van der Waals surface area contributed by atoms with Gasteiger partial charge >= 0.3 is 5.97 Å². The Morgan fingerprint density at radius 3 is 2.62 bits per heavy atom.